The number of nitrogens with two attached hydrogens (primary N) is 1. The second-order valence-corrected chi connectivity index (χ2v) is 4.33. The van der Waals surface area contributed by atoms with E-state index in [-0.39, 0.29) is 6.04 Å². The fraction of sp³-hybridized carbons (Fsp3) is 0.727. The molecule has 0 aliphatic carbocycles. The molecule has 90 valence electrons. The predicted octanol–water partition coefficient (Wildman–Crippen LogP) is 0.740. The first kappa shape index (κ1) is 11.6. The van der Waals surface area contributed by atoms with E-state index in [1.165, 1.54) is 0 Å². The molecule has 0 saturated carbocycles. The van der Waals surface area contributed by atoms with Gasteiger partial charge in [0.15, 0.2) is 0 Å². The monoisotopic (exact) mass is 224 g/mol. The van der Waals surface area contributed by atoms with Gasteiger partial charge in [-0.3, -0.25) is 16.0 Å². The van der Waals surface area contributed by atoms with Gasteiger partial charge in [-0.2, -0.15) is 5.10 Å². The lowest BCUT2D eigenvalue weighted by Gasteiger charge is -2.24. The van der Waals surface area contributed by atoms with Crippen molar-refractivity contribution in [2.24, 2.45) is 18.8 Å². The molecule has 3 atom stereocenters. The van der Waals surface area contributed by atoms with Crippen LogP contribution < -0.4 is 11.3 Å². The summed E-state index contributed by atoms with van der Waals surface area (Å²) in [5.41, 5.74) is 3.88. The third-order valence-corrected chi connectivity index (χ3v) is 3.32. The molecule has 2 rings (SSSR count). The van der Waals surface area contributed by atoms with Crippen LogP contribution >= 0.6 is 0 Å². The average molecular weight is 224 g/mol. The molecule has 0 bridgehead atoms. The standard InChI is InChI=1S/C11H20N4O/c1-3-10-8(5-7-16-10)11(13-12)9-4-6-15(2)14-9/h4,6,8,10-11,13H,3,5,7,12H2,1-2H3. The molecular formula is C11H20N4O. The van der Waals surface area contributed by atoms with Crippen LogP contribution in [0.4, 0.5) is 0 Å². The Labute approximate surface area is 95.9 Å². The molecule has 0 spiro atoms. The highest BCUT2D eigenvalue weighted by Gasteiger charge is 2.34. The van der Waals surface area contributed by atoms with Crippen molar-refractivity contribution in [3.8, 4) is 0 Å². The number of ether oxygens (including phenoxy) is 1. The fourth-order valence-corrected chi connectivity index (χ4v) is 2.49. The number of rotatable bonds is 4. The highest BCUT2D eigenvalue weighted by molar-refractivity contribution is 5.08. The predicted molar refractivity (Wildman–Crippen MR) is 61.4 cm³/mol. The average Bonchev–Trinajstić information content (AvgIpc) is 2.89. The van der Waals surface area contributed by atoms with Crippen molar-refractivity contribution in [3.63, 3.8) is 0 Å². The van der Waals surface area contributed by atoms with Crippen molar-refractivity contribution in [1.82, 2.24) is 15.2 Å². The molecule has 3 unspecified atom stereocenters. The number of nitrogens with zero attached hydrogens (tertiary/aromatic N) is 2. The van der Waals surface area contributed by atoms with Gasteiger partial charge in [0.2, 0.25) is 0 Å². The third kappa shape index (κ3) is 2.11. The molecule has 2 heterocycles. The Bertz CT molecular complexity index is 338. The molecule has 5 nitrogen and oxygen atoms in total. The van der Waals surface area contributed by atoms with E-state index in [4.69, 9.17) is 10.6 Å². The molecule has 1 saturated heterocycles. The van der Waals surface area contributed by atoms with Crippen molar-refractivity contribution in [2.45, 2.75) is 31.9 Å². The number of nitrogens with one attached hydrogen (secondary N) is 1. The van der Waals surface area contributed by atoms with Gasteiger partial charge in [-0.05, 0) is 18.9 Å². The summed E-state index contributed by atoms with van der Waals surface area (Å²) in [6.45, 7) is 2.98. The van der Waals surface area contributed by atoms with Crippen molar-refractivity contribution >= 4 is 0 Å². The summed E-state index contributed by atoms with van der Waals surface area (Å²) in [7, 11) is 1.92. The molecule has 1 aliphatic rings. The maximum Gasteiger partial charge on any atom is 0.0811 e. The van der Waals surface area contributed by atoms with Crippen LogP contribution in [0.25, 0.3) is 0 Å². The molecule has 1 aromatic rings. The summed E-state index contributed by atoms with van der Waals surface area (Å²) in [6, 6.07) is 2.10. The Morgan fingerprint density at radius 1 is 1.75 bits per heavy atom. The van der Waals surface area contributed by atoms with Crippen LogP contribution in [0.15, 0.2) is 12.3 Å². The molecule has 3 N–H and O–H groups in total. The smallest absolute Gasteiger partial charge is 0.0811 e. The van der Waals surface area contributed by atoms with Crippen molar-refractivity contribution in [1.29, 1.82) is 0 Å². The van der Waals surface area contributed by atoms with Gasteiger partial charge in [-0.25, -0.2) is 0 Å². The number of aromatic nitrogens is 2. The van der Waals surface area contributed by atoms with Crippen LogP contribution in [0, 0.1) is 5.92 Å². The topological polar surface area (TPSA) is 65.1 Å². The van der Waals surface area contributed by atoms with Gasteiger partial charge in [0, 0.05) is 25.8 Å². The molecule has 1 aliphatic heterocycles. The zero-order chi connectivity index (χ0) is 11.5. The minimum atomic E-state index is 0.0913. The van der Waals surface area contributed by atoms with Crippen LogP contribution in [0.5, 0.6) is 0 Å². The van der Waals surface area contributed by atoms with E-state index in [1.54, 1.807) is 4.68 Å². The summed E-state index contributed by atoms with van der Waals surface area (Å²) in [6.07, 6.45) is 4.30. The Hall–Kier alpha value is -0.910. The van der Waals surface area contributed by atoms with Gasteiger partial charge in [0.1, 0.15) is 0 Å². The molecular weight excluding hydrogens is 204 g/mol. The molecule has 0 radical (unpaired) electrons. The molecule has 5 heteroatoms. The van der Waals surface area contributed by atoms with Crippen LogP contribution in [-0.4, -0.2) is 22.5 Å². The first-order valence-electron chi connectivity index (χ1n) is 5.83. The molecule has 0 aromatic carbocycles. The van der Waals surface area contributed by atoms with Gasteiger partial charge in [-0.1, -0.05) is 6.92 Å². The SMILES string of the molecule is CCC1OCCC1C(NN)c1ccn(C)n1. The summed E-state index contributed by atoms with van der Waals surface area (Å²) in [5, 5.41) is 4.41. The minimum Gasteiger partial charge on any atom is -0.378 e. The number of hydrogen-bond donors (Lipinski definition) is 2. The van der Waals surface area contributed by atoms with Gasteiger partial charge < -0.3 is 4.74 Å². The van der Waals surface area contributed by atoms with E-state index in [1.807, 2.05) is 19.3 Å². The second-order valence-electron chi connectivity index (χ2n) is 4.33. The second kappa shape index (κ2) is 4.95. The van der Waals surface area contributed by atoms with E-state index in [0.29, 0.717) is 12.0 Å². The fourth-order valence-electron chi connectivity index (χ4n) is 2.49. The Morgan fingerprint density at radius 2 is 2.56 bits per heavy atom. The van der Waals surface area contributed by atoms with E-state index >= 15 is 0 Å². The molecule has 1 fully saturated rings. The lowest BCUT2D eigenvalue weighted by molar-refractivity contribution is 0.0768. The quantitative estimate of drug-likeness (QED) is 0.585. The zero-order valence-corrected chi connectivity index (χ0v) is 9.89. The van der Waals surface area contributed by atoms with E-state index in [0.717, 1.165) is 25.1 Å². The highest BCUT2D eigenvalue weighted by atomic mass is 16.5. The van der Waals surface area contributed by atoms with Crippen molar-refractivity contribution in [3.05, 3.63) is 18.0 Å². The lowest BCUT2D eigenvalue weighted by Crippen LogP contribution is -2.37. The van der Waals surface area contributed by atoms with Crippen molar-refractivity contribution in [2.75, 3.05) is 6.61 Å². The Morgan fingerprint density at radius 3 is 3.12 bits per heavy atom. The van der Waals surface area contributed by atoms with Gasteiger partial charge in [0.05, 0.1) is 17.8 Å². The highest BCUT2D eigenvalue weighted by Crippen LogP contribution is 2.33. The van der Waals surface area contributed by atoms with Crippen LogP contribution in [0.3, 0.4) is 0 Å². The van der Waals surface area contributed by atoms with Crippen LogP contribution in [0.2, 0.25) is 0 Å². The number of hydrogen-bond acceptors (Lipinski definition) is 4. The largest absolute Gasteiger partial charge is 0.378 e. The minimum absolute atomic E-state index is 0.0913. The van der Waals surface area contributed by atoms with E-state index < -0.39 is 0 Å². The summed E-state index contributed by atoms with van der Waals surface area (Å²) in [4.78, 5) is 0. The first-order valence-corrected chi connectivity index (χ1v) is 5.83. The van der Waals surface area contributed by atoms with Gasteiger partial charge in [0.25, 0.3) is 0 Å². The van der Waals surface area contributed by atoms with Crippen molar-refractivity contribution < 1.29 is 4.74 Å². The molecule has 16 heavy (non-hydrogen) atoms. The summed E-state index contributed by atoms with van der Waals surface area (Å²) in [5.74, 6) is 6.08. The number of aryl methyl sites for hydroxylation is 1. The third-order valence-electron chi connectivity index (χ3n) is 3.32. The lowest BCUT2D eigenvalue weighted by atomic mass is 9.90. The van der Waals surface area contributed by atoms with Crippen LogP contribution in [-0.2, 0) is 11.8 Å². The van der Waals surface area contributed by atoms with Gasteiger partial charge >= 0.3 is 0 Å². The summed E-state index contributed by atoms with van der Waals surface area (Å²) < 4.78 is 7.50. The van der Waals surface area contributed by atoms with E-state index in [9.17, 15) is 0 Å². The normalized spacial score (nSPS) is 27.2. The van der Waals surface area contributed by atoms with Crippen LogP contribution in [0.1, 0.15) is 31.5 Å². The molecule has 0 amide bonds. The Balaban J connectivity index is 2.15. The number of hydrazine groups is 1. The van der Waals surface area contributed by atoms with Gasteiger partial charge in [-0.15, -0.1) is 0 Å². The summed E-state index contributed by atoms with van der Waals surface area (Å²) >= 11 is 0. The molecule has 1 aromatic heterocycles. The first-order chi connectivity index (χ1) is 7.76. The van der Waals surface area contributed by atoms with E-state index in [2.05, 4.69) is 17.4 Å². The Kier molecular flexibility index (Phi) is 3.58. The maximum atomic E-state index is 5.70. The maximum absolute atomic E-state index is 5.70. The zero-order valence-electron chi connectivity index (χ0n) is 9.89.